The van der Waals surface area contributed by atoms with Crippen LogP contribution in [0.1, 0.15) is 6.42 Å². The van der Waals surface area contributed by atoms with Crippen LogP contribution in [0.4, 0.5) is 0 Å². The van der Waals surface area contributed by atoms with E-state index >= 15 is 0 Å². The van der Waals surface area contributed by atoms with Crippen molar-refractivity contribution in [3.63, 3.8) is 0 Å². The molecule has 0 bridgehead atoms. The standard InChI is InChI=1S/C8H13NO3S2/c1-13-4-6(10)9-8(7(11)12)2-3-14-5-8/h2-5H2,1H3,(H,9,10)(H,11,12). The van der Waals surface area contributed by atoms with Gasteiger partial charge in [-0.05, 0) is 18.4 Å². The van der Waals surface area contributed by atoms with Gasteiger partial charge in [0.15, 0.2) is 0 Å². The molecule has 1 atom stereocenters. The van der Waals surface area contributed by atoms with E-state index in [1.165, 1.54) is 11.8 Å². The van der Waals surface area contributed by atoms with E-state index in [1.54, 1.807) is 11.8 Å². The van der Waals surface area contributed by atoms with Gasteiger partial charge in [0.2, 0.25) is 5.91 Å². The van der Waals surface area contributed by atoms with Crippen molar-refractivity contribution in [3.8, 4) is 0 Å². The lowest BCUT2D eigenvalue weighted by Gasteiger charge is -2.24. The summed E-state index contributed by atoms with van der Waals surface area (Å²) in [6.45, 7) is 0. The minimum atomic E-state index is -1.02. The highest BCUT2D eigenvalue weighted by molar-refractivity contribution is 7.99. The fourth-order valence-corrected chi connectivity index (χ4v) is 2.98. The molecule has 80 valence electrons. The minimum absolute atomic E-state index is 0.192. The van der Waals surface area contributed by atoms with Crippen molar-refractivity contribution in [3.05, 3.63) is 0 Å². The van der Waals surface area contributed by atoms with E-state index in [0.29, 0.717) is 17.9 Å². The van der Waals surface area contributed by atoms with Crippen LogP contribution in [-0.4, -0.2) is 46.0 Å². The number of nitrogens with one attached hydrogen (secondary N) is 1. The van der Waals surface area contributed by atoms with Crippen LogP contribution in [0, 0.1) is 0 Å². The summed E-state index contributed by atoms with van der Waals surface area (Å²) in [5, 5.41) is 11.7. The fraction of sp³-hybridized carbons (Fsp3) is 0.750. The second kappa shape index (κ2) is 4.93. The van der Waals surface area contributed by atoms with Gasteiger partial charge in [-0.25, -0.2) is 4.79 Å². The molecule has 2 N–H and O–H groups in total. The van der Waals surface area contributed by atoms with Crippen LogP contribution in [0.15, 0.2) is 0 Å². The highest BCUT2D eigenvalue weighted by atomic mass is 32.2. The van der Waals surface area contributed by atoms with Gasteiger partial charge in [-0.2, -0.15) is 23.5 Å². The maximum absolute atomic E-state index is 11.3. The number of hydrogen-bond acceptors (Lipinski definition) is 4. The monoisotopic (exact) mass is 235 g/mol. The van der Waals surface area contributed by atoms with Gasteiger partial charge in [-0.1, -0.05) is 0 Å². The van der Waals surface area contributed by atoms with E-state index in [0.717, 1.165) is 5.75 Å². The van der Waals surface area contributed by atoms with Crippen LogP contribution >= 0.6 is 23.5 Å². The summed E-state index contributed by atoms with van der Waals surface area (Å²) in [6.07, 6.45) is 2.34. The van der Waals surface area contributed by atoms with Crippen LogP contribution in [0.25, 0.3) is 0 Å². The molecule has 6 heteroatoms. The second-order valence-corrected chi connectivity index (χ2v) is 5.14. The van der Waals surface area contributed by atoms with Gasteiger partial charge < -0.3 is 10.4 Å². The van der Waals surface area contributed by atoms with Crippen molar-refractivity contribution in [1.29, 1.82) is 0 Å². The van der Waals surface area contributed by atoms with Crippen molar-refractivity contribution in [2.75, 3.05) is 23.5 Å². The molecule has 1 aliphatic heterocycles. The SMILES string of the molecule is CSCC(=O)NC1(C(=O)O)CCSC1. The van der Waals surface area contributed by atoms with Gasteiger partial charge in [0.1, 0.15) is 5.54 Å². The van der Waals surface area contributed by atoms with Crippen molar-refractivity contribution in [2.24, 2.45) is 0 Å². The zero-order chi connectivity index (χ0) is 10.6. The average Bonchev–Trinajstić information content (AvgIpc) is 2.54. The summed E-state index contributed by atoms with van der Waals surface area (Å²) < 4.78 is 0. The van der Waals surface area contributed by atoms with E-state index in [1.807, 2.05) is 6.26 Å². The first kappa shape index (κ1) is 11.7. The Hall–Kier alpha value is -0.360. The summed E-state index contributed by atoms with van der Waals surface area (Å²) in [4.78, 5) is 22.3. The molecule has 0 saturated carbocycles. The highest BCUT2D eigenvalue weighted by Crippen LogP contribution is 2.28. The maximum Gasteiger partial charge on any atom is 0.330 e. The Kier molecular flexibility index (Phi) is 4.12. The van der Waals surface area contributed by atoms with Gasteiger partial charge >= 0.3 is 5.97 Å². The molecule has 1 aliphatic rings. The molecule has 1 amide bonds. The molecular weight excluding hydrogens is 222 g/mol. The minimum Gasteiger partial charge on any atom is -0.479 e. The third kappa shape index (κ3) is 2.57. The molecule has 0 spiro atoms. The second-order valence-electron chi connectivity index (χ2n) is 3.17. The van der Waals surface area contributed by atoms with Gasteiger partial charge in [0.05, 0.1) is 5.75 Å². The number of amides is 1. The fourth-order valence-electron chi connectivity index (χ4n) is 1.32. The number of carbonyl (C=O) groups is 2. The van der Waals surface area contributed by atoms with Gasteiger partial charge in [-0.3, -0.25) is 4.79 Å². The van der Waals surface area contributed by atoms with Crippen molar-refractivity contribution < 1.29 is 14.7 Å². The molecule has 14 heavy (non-hydrogen) atoms. The molecule has 0 aromatic carbocycles. The molecule has 0 aromatic heterocycles. The van der Waals surface area contributed by atoms with E-state index in [9.17, 15) is 9.59 Å². The first-order valence-electron chi connectivity index (χ1n) is 4.22. The summed E-state index contributed by atoms with van der Waals surface area (Å²) in [5.74, 6) is 0.480. The predicted molar refractivity (Wildman–Crippen MR) is 58.8 cm³/mol. The summed E-state index contributed by atoms with van der Waals surface area (Å²) >= 11 is 2.96. The lowest BCUT2D eigenvalue weighted by atomic mass is 9.99. The van der Waals surface area contributed by atoms with E-state index in [-0.39, 0.29) is 5.91 Å². The predicted octanol–water partition coefficient (Wildman–Crippen LogP) is 0.426. The van der Waals surface area contributed by atoms with Crippen molar-refractivity contribution >= 4 is 35.4 Å². The van der Waals surface area contributed by atoms with E-state index in [4.69, 9.17) is 5.11 Å². The molecule has 4 nitrogen and oxygen atoms in total. The topological polar surface area (TPSA) is 66.4 Å². The van der Waals surface area contributed by atoms with Crippen LogP contribution in [0.3, 0.4) is 0 Å². The van der Waals surface area contributed by atoms with Crippen molar-refractivity contribution in [1.82, 2.24) is 5.32 Å². The normalized spacial score (nSPS) is 26.1. The molecule has 0 radical (unpaired) electrons. The number of thioether (sulfide) groups is 2. The van der Waals surface area contributed by atoms with Crippen LogP contribution in [0.5, 0.6) is 0 Å². The summed E-state index contributed by atoms with van der Waals surface area (Å²) in [5.41, 5.74) is -1.02. The number of aliphatic carboxylic acids is 1. The van der Waals surface area contributed by atoms with Crippen LogP contribution in [0.2, 0.25) is 0 Å². The van der Waals surface area contributed by atoms with Gasteiger partial charge in [0.25, 0.3) is 0 Å². The molecule has 1 fully saturated rings. The first-order chi connectivity index (χ1) is 6.60. The smallest absolute Gasteiger partial charge is 0.330 e. The Morgan fingerprint density at radius 1 is 1.64 bits per heavy atom. The van der Waals surface area contributed by atoms with E-state index < -0.39 is 11.5 Å². The quantitative estimate of drug-likeness (QED) is 0.739. The molecule has 0 aliphatic carbocycles. The lowest BCUT2D eigenvalue weighted by Crippen LogP contribution is -2.55. The Morgan fingerprint density at radius 2 is 2.36 bits per heavy atom. The summed E-state index contributed by atoms with van der Waals surface area (Å²) in [6, 6.07) is 0. The lowest BCUT2D eigenvalue weighted by molar-refractivity contribution is -0.146. The zero-order valence-electron chi connectivity index (χ0n) is 7.91. The molecule has 1 unspecified atom stereocenters. The van der Waals surface area contributed by atoms with Crippen LogP contribution in [-0.2, 0) is 9.59 Å². The Labute approximate surface area is 91.2 Å². The van der Waals surface area contributed by atoms with Gasteiger partial charge in [-0.15, -0.1) is 0 Å². The molecule has 1 saturated heterocycles. The zero-order valence-corrected chi connectivity index (χ0v) is 9.54. The largest absolute Gasteiger partial charge is 0.479 e. The Bertz CT molecular complexity index is 239. The van der Waals surface area contributed by atoms with Crippen LogP contribution < -0.4 is 5.32 Å². The third-order valence-corrected chi connectivity index (χ3v) is 3.83. The van der Waals surface area contributed by atoms with Crippen molar-refractivity contribution in [2.45, 2.75) is 12.0 Å². The molecule has 1 rings (SSSR count). The average molecular weight is 235 g/mol. The van der Waals surface area contributed by atoms with E-state index in [2.05, 4.69) is 5.32 Å². The first-order valence-corrected chi connectivity index (χ1v) is 6.77. The number of carboxylic acid groups (broad SMARTS) is 1. The Balaban J connectivity index is 2.60. The number of carboxylic acids is 1. The molecule has 1 heterocycles. The third-order valence-electron chi connectivity index (χ3n) is 2.09. The number of hydrogen-bond donors (Lipinski definition) is 2. The molecule has 0 aromatic rings. The maximum atomic E-state index is 11.3. The highest BCUT2D eigenvalue weighted by Gasteiger charge is 2.42. The number of rotatable bonds is 4. The number of carbonyl (C=O) groups excluding carboxylic acids is 1. The Morgan fingerprint density at radius 3 is 2.79 bits per heavy atom. The summed E-state index contributed by atoms with van der Waals surface area (Å²) in [7, 11) is 0. The van der Waals surface area contributed by atoms with Gasteiger partial charge in [0, 0.05) is 5.75 Å². The molecular formula is C8H13NO3S2.